The van der Waals surface area contributed by atoms with Gasteiger partial charge in [0.2, 0.25) is 5.95 Å². The number of hydrogen-bond acceptors (Lipinski definition) is 5. The summed E-state index contributed by atoms with van der Waals surface area (Å²) >= 11 is 0. The minimum Gasteiger partial charge on any atom is -0.345 e. The summed E-state index contributed by atoms with van der Waals surface area (Å²) in [5.41, 5.74) is 4.52. The molecule has 2 aromatic heterocycles. The van der Waals surface area contributed by atoms with E-state index >= 15 is 0 Å². The van der Waals surface area contributed by atoms with Gasteiger partial charge in [0, 0.05) is 18.1 Å². The summed E-state index contributed by atoms with van der Waals surface area (Å²) in [7, 11) is 0. The van der Waals surface area contributed by atoms with Gasteiger partial charge in [-0.2, -0.15) is 0 Å². The summed E-state index contributed by atoms with van der Waals surface area (Å²) in [6, 6.07) is 13.5. The average Bonchev–Trinajstić information content (AvgIpc) is 2.72. The Morgan fingerprint density at radius 1 is 0.897 bits per heavy atom. The predicted molar refractivity (Wildman–Crippen MR) is 115 cm³/mol. The highest BCUT2D eigenvalue weighted by Gasteiger charge is 2.16. The van der Waals surface area contributed by atoms with E-state index < -0.39 is 0 Å². The Bertz CT molecular complexity index is 944. The van der Waals surface area contributed by atoms with Crippen molar-refractivity contribution in [3.8, 4) is 0 Å². The first-order valence-corrected chi connectivity index (χ1v) is 9.86. The van der Waals surface area contributed by atoms with Crippen LogP contribution >= 0.6 is 0 Å². The van der Waals surface area contributed by atoms with Gasteiger partial charge < -0.3 is 10.6 Å². The number of anilines is 2. The van der Waals surface area contributed by atoms with Crippen LogP contribution in [-0.2, 0) is 6.54 Å². The maximum atomic E-state index is 12.5. The fourth-order valence-corrected chi connectivity index (χ4v) is 3.12. The Balaban J connectivity index is 1.81. The van der Waals surface area contributed by atoms with Gasteiger partial charge in [-0.25, -0.2) is 9.97 Å². The molecule has 1 amide bonds. The quantitative estimate of drug-likeness (QED) is 0.607. The second-order valence-corrected chi connectivity index (χ2v) is 7.52. The van der Waals surface area contributed by atoms with Crippen LogP contribution in [0.4, 0.5) is 11.6 Å². The number of rotatable bonds is 7. The SMILES string of the molecule is CC(C)c1cccc(C(C)C)c1Nc1nccc(C(=O)NCc2ccccn2)n1. The summed E-state index contributed by atoms with van der Waals surface area (Å²) < 4.78 is 0. The van der Waals surface area contributed by atoms with Crippen LogP contribution in [0.3, 0.4) is 0 Å². The molecule has 6 heteroatoms. The number of para-hydroxylation sites is 1. The van der Waals surface area contributed by atoms with Gasteiger partial charge in [0.15, 0.2) is 0 Å². The first-order chi connectivity index (χ1) is 14.0. The van der Waals surface area contributed by atoms with Crippen molar-refractivity contribution >= 4 is 17.5 Å². The lowest BCUT2D eigenvalue weighted by Gasteiger charge is -2.20. The second kappa shape index (κ2) is 9.28. The molecule has 0 bridgehead atoms. The topological polar surface area (TPSA) is 79.8 Å². The Morgan fingerprint density at radius 2 is 1.62 bits per heavy atom. The molecular formula is C23H27N5O. The van der Waals surface area contributed by atoms with Crippen molar-refractivity contribution < 1.29 is 4.79 Å². The molecule has 1 aromatic carbocycles. The summed E-state index contributed by atoms with van der Waals surface area (Å²) in [6.45, 7) is 8.99. The summed E-state index contributed by atoms with van der Waals surface area (Å²) in [5, 5.41) is 6.20. The van der Waals surface area contributed by atoms with E-state index in [0.29, 0.717) is 30.0 Å². The van der Waals surface area contributed by atoms with Crippen LogP contribution in [0.2, 0.25) is 0 Å². The lowest BCUT2D eigenvalue weighted by molar-refractivity contribution is 0.0945. The molecule has 0 spiro atoms. The van der Waals surface area contributed by atoms with Crippen LogP contribution in [-0.4, -0.2) is 20.9 Å². The minimum atomic E-state index is -0.262. The van der Waals surface area contributed by atoms with Crippen molar-refractivity contribution in [2.75, 3.05) is 5.32 Å². The van der Waals surface area contributed by atoms with Gasteiger partial charge in [-0.1, -0.05) is 52.0 Å². The normalized spacial score (nSPS) is 11.0. The summed E-state index contributed by atoms with van der Waals surface area (Å²) in [5.74, 6) is 0.843. The monoisotopic (exact) mass is 389 g/mol. The molecule has 0 saturated carbocycles. The molecule has 6 nitrogen and oxygen atoms in total. The van der Waals surface area contributed by atoms with Crippen molar-refractivity contribution in [2.45, 2.75) is 46.1 Å². The second-order valence-electron chi connectivity index (χ2n) is 7.52. The van der Waals surface area contributed by atoms with Crippen LogP contribution in [0, 0.1) is 0 Å². The van der Waals surface area contributed by atoms with Gasteiger partial charge in [0.1, 0.15) is 5.69 Å². The molecule has 0 fully saturated rings. The smallest absolute Gasteiger partial charge is 0.270 e. The van der Waals surface area contributed by atoms with E-state index in [1.54, 1.807) is 18.5 Å². The molecule has 0 aliphatic rings. The van der Waals surface area contributed by atoms with Gasteiger partial charge in [-0.3, -0.25) is 9.78 Å². The lowest BCUT2D eigenvalue weighted by atomic mass is 9.93. The molecule has 0 unspecified atom stereocenters. The Labute approximate surface area is 171 Å². The van der Waals surface area contributed by atoms with Crippen molar-refractivity contribution in [2.24, 2.45) is 0 Å². The van der Waals surface area contributed by atoms with E-state index in [1.165, 1.54) is 11.1 Å². The highest BCUT2D eigenvalue weighted by Crippen LogP contribution is 2.33. The zero-order chi connectivity index (χ0) is 20.8. The fourth-order valence-electron chi connectivity index (χ4n) is 3.12. The maximum Gasteiger partial charge on any atom is 0.270 e. The van der Waals surface area contributed by atoms with Gasteiger partial charge in [0.25, 0.3) is 5.91 Å². The predicted octanol–water partition coefficient (Wildman–Crippen LogP) is 4.79. The molecule has 3 rings (SSSR count). The highest BCUT2D eigenvalue weighted by molar-refractivity contribution is 5.92. The van der Waals surface area contributed by atoms with Crippen LogP contribution in [0.25, 0.3) is 0 Å². The zero-order valence-electron chi connectivity index (χ0n) is 17.3. The van der Waals surface area contributed by atoms with Crippen molar-refractivity contribution in [3.63, 3.8) is 0 Å². The van der Waals surface area contributed by atoms with E-state index in [9.17, 15) is 4.79 Å². The third-order valence-electron chi connectivity index (χ3n) is 4.65. The van der Waals surface area contributed by atoms with Gasteiger partial charge in [-0.05, 0) is 41.2 Å². The van der Waals surface area contributed by atoms with Gasteiger partial charge in [-0.15, -0.1) is 0 Å². The fraction of sp³-hybridized carbons (Fsp3) is 0.304. The molecular weight excluding hydrogens is 362 g/mol. The molecule has 0 radical (unpaired) electrons. The largest absolute Gasteiger partial charge is 0.345 e. The molecule has 2 heterocycles. The van der Waals surface area contributed by atoms with E-state index in [2.05, 4.69) is 71.5 Å². The maximum absolute atomic E-state index is 12.5. The van der Waals surface area contributed by atoms with Crippen LogP contribution in [0.15, 0.2) is 54.9 Å². The number of pyridine rings is 1. The number of aromatic nitrogens is 3. The van der Waals surface area contributed by atoms with Crippen LogP contribution in [0.1, 0.15) is 66.8 Å². The third kappa shape index (κ3) is 5.16. The molecule has 0 saturated heterocycles. The minimum absolute atomic E-state index is 0.262. The highest BCUT2D eigenvalue weighted by atomic mass is 16.1. The van der Waals surface area contributed by atoms with Crippen molar-refractivity contribution in [1.29, 1.82) is 0 Å². The van der Waals surface area contributed by atoms with Gasteiger partial charge >= 0.3 is 0 Å². The molecule has 0 atom stereocenters. The van der Waals surface area contributed by atoms with Gasteiger partial charge in [0.05, 0.1) is 12.2 Å². The number of nitrogens with zero attached hydrogens (tertiary/aromatic N) is 3. The first-order valence-electron chi connectivity index (χ1n) is 9.86. The number of carbonyl (C=O) groups is 1. The van der Waals surface area contributed by atoms with E-state index in [4.69, 9.17) is 0 Å². The Morgan fingerprint density at radius 3 is 2.24 bits per heavy atom. The van der Waals surface area contributed by atoms with E-state index in [0.717, 1.165) is 11.4 Å². The van der Waals surface area contributed by atoms with Crippen molar-refractivity contribution in [3.05, 3.63) is 77.4 Å². The molecule has 3 aromatic rings. The number of hydrogen-bond donors (Lipinski definition) is 2. The number of carbonyl (C=O) groups excluding carboxylic acids is 1. The lowest BCUT2D eigenvalue weighted by Crippen LogP contribution is -2.24. The van der Waals surface area contributed by atoms with E-state index in [1.807, 2.05) is 18.2 Å². The standard InChI is InChI=1S/C23H27N5O/c1-15(2)18-9-7-10-19(16(3)4)21(18)28-23-25-13-11-20(27-23)22(29)26-14-17-8-5-6-12-24-17/h5-13,15-16H,14H2,1-4H3,(H,26,29)(H,25,27,28). The Kier molecular flexibility index (Phi) is 6.54. The third-order valence-corrected chi connectivity index (χ3v) is 4.65. The van der Waals surface area contributed by atoms with Crippen molar-refractivity contribution in [1.82, 2.24) is 20.3 Å². The summed E-state index contributed by atoms with van der Waals surface area (Å²) in [4.78, 5) is 25.5. The van der Waals surface area contributed by atoms with E-state index in [-0.39, 0.29) is 5.91 Å². The first kappa shape index (κ1) is 20.5. The molecule has 0 aliphatic carbocycles. The summed E-state index contributed by atoms with van der Waals surface area (Å²) in [6.07, 6.45) is 3.30. The molecule has 150 valence electrons. The number of nitrogens with one attached hydrogen (secondary N) is 2. The van der Waals surface area contributed by atoms with Crippen LogP contribution < -0.4 is 10.6 Å². The number of amides is 1. The zero-order valence-corrected chi connectivity index (χ0v) is 17.3. The molecule has 29 heavy (non-hydrogen) atoms. The molecule has 0 aliphatic heterocycles. The number of benzene rings is 1. The van der Waals surface area contributed by atoms with Crippen LogP contribution in [0.5, 0.6) is 0 Å². The molecule has 2 N–H and O–H groups in total. The Hall–Kier alpha value is -3.28. The average molecular weight is 390 g/mol.